The highest BCUT2D eigenvalue weighted by Crippen LogP contribution is 2.25. The maximum absolute atomic E-state index is 12.8. The van der Waals surface area contributed by atoms with Crippen molar-refractivity contribution in [2.24, 2.45) is 11.8 Å². The van der Waals surface area contributed by atoms with Gasteiger partial charge in [-0.2, -0.15) is 0 Å². The second-order valence-electron chi connectivity index (χ2n) is 7.12. The lowest BCUT2D eigenvalue weighted by molar-refractivity contribution is -0.139. The van der Waals surface area contributed by atoms with Gasteiger partial charge in [-0.25, -0.2) is 4.98 Å². The molecule has 0 spiro atoms. The number of amides is 2. The van der Waals surface area contributed by atoms with Crippen molar-refractivity contribution < 1.29 is 9.59 Å². The molecule has 1 aromatic heterocycles. The second kappa shape index (κ2) is 9.16. The molecule has 1 saturated carbocycles. The molecule has 0 saturated heterocycles. The molecule has 0 radical (unpaired) electrons. The zero-order valence-electron chi connectivity index (χ0n) is 15.0. The minimum Gasteiger partial charge on any atom is -0.333 e. The van der Waals surface area contributed by atoms with Crippen LogP contribution in [0.5, 0.6) is 0 Å². The summed E-state index contributed by atoms with van der Waals surface area (Å²) in [5.41, 5.74) is 0.894. The third-order valence-corrected chi connectivity index (χ3v) is 5.32. The van der Waals surface area contributed by atoms with Gasteiger partial charge in [0.2, 0.25) is 11.8 Å². The van der Waals surface area contributed by atoms with Gasteiger partial charge in [0.05, 0.1) is 12.2 Å². The average molecular weight is 352 g/mol. The number of carbonyl (C=O) groups excluding carboxylic acids is 2. The minimum absolute atomic E-state index is 0.0980. The van der Waals surface area contributed by atoms with E-state index < -0.39 is 0 Å². The van der Waals surface area contributed by atoms with E-state index in [1.807, 2.05) is 12.3 Å². The molecule has 24 heavy (non-hydrogen) atoms. The molecule has 6 heteroatoms. The summed E-state index contributed by atoms with van der Waals surface area (Å²) >= 11 is 1.41. The predicted molar refractivity (Wildman–Crippen MR) is 98.1 cm³/mol. The first kappa shape index (κ1) is 18.9. The molecule has 2 amide bonds. The van der Waals surface area contributed by atoms with Crippen LogP contribution in [0.15, 0.2) is 5.38 Å². The Balaban J connectivity index is 1.95. The van der Waals surface area contributed by atoms with Crippen molar-refractivity contribution >= 4 is 28.3 Å². The second-order valence-corrected chi connectivity index (χ2v) is 7.98. The fraction of sp³-hybridized carbons (Fsp3) is 0.722. The van der Waals surface area contributed by atoms with Crippen LogP contribution < -0.4 is 5.32 Å². The Hall–Kier alpha value is -1.43. The number of anilines is 1. The first-order chi connectivity index (χ1) is 11.5. The number of aromatic nitrogens is 1. The summed E-state index contributed by atoms with van der Waals surface area (Å²) in [6.07, 6.45) is 6.31. The quantitative estimate of drug-likeness (QED) is 0.812. The lowest BCUT2D eigenvalue weighted by Gasteiger charge is -2.29. The largest absolute Gasteiger partial charge is 0.333 e. The molecule has 1 heterocycles. The average Bonchev–Trinajstić information content (AvgIpc) is 2.96. The summed E-state index contributed by atoms with van der Waals surface area (Å²) in [5, 5.41) is 5.32. The Morgan fingerprint density at radius 1 is 1.33 bits per heavy atom. The number of rotatable bonds is 7. The van der Waals surface area contributed by atoms with E-state index in [4.69, 9.17) is 0 Å². The van der Waals surface area contributed by atoms with Gasteiger partial charge in [-0.1, -0.05) is 33.1 Å². The van der Waals surface area contributed by atoms with Gasteiger partial charge in [0, 0.05) is 17.8 Å². The smallest absolute Gasteiger partial charge is 0.245 e. The molecule has 134 valence electrons. The van der Waals surface area contributed by atoms with E-state index in [0.717, 1.165) is 37.8 Å². The molecule has 0 aliphatic heterocycles. The molecule has 0 bridgehead atoms. The molecule has 5 nitrogen and oxygen atoms in total. The van der Waals surface area contributed by atoms with Crippen LogP contribution in [-0.4, -0.2) is 34.8 Å². The minimum atomic E-state index is -0.155. The van der Waals surface area contributed by atoms with E-state index in [1.165, 1.54) is 17.8 Å². The Bertz CT molecular complexity index is 550. The summed E-state index contributed by atoms with van der Waals surface area (Å²) in [5.74, 6) is 0.607. The van der Waals surface area contributed by atoms with Crippen LogP contribution in [0, 0.1) is 18.8 Å². The monoisotopic (exact) mass is 351 g/mol. The van der Waals surface area contributed by atoms with Crippen LogP contribution in [0.25, 0.3) is 0 Å². The van der Waals surface area contributed by atoms with Gasteiger partial charge < -0.3 is 10.2 Å². The van der Waals surface area contributed by atoms with Crippen molar-refractivity contribution in [3.05, 3.63) is 11.1 Å². The van der Waals surface area contributed by atoms with Gasteiger partial charge in [-0.15, -0.1) is 11.3 Å². The number of aryl methyl sites for hydroxylation is 1. The normalized spacial score (nSPS) is 15.5. The molecule has 0 unspecified atom stereocenters. The molecule has 0 atom stereocenters. The molecule has 0 aromatic carbocycles. The predicted octanol–water partition coefficient (Wildman–Crippen LogP) is 3.85. The molecular formula is C18H29N3O2S. The maximum atomic E-state index is 12.8. The van der Waals surface area contributed by atoms with Crippen LogP contribution in [0.4, 0.5) is 5.13 Å². The van der Waals surface area contributed by atoms with E-state index >= 15 is 0 Å². The number of hydrogen-bond donors (Lipinski definition) is 1. The summed E-state index contributed by atoms with van der Waals surface area (Å²) in [6.45, 7) is 6.95. The molecule has 1 fully saturated rings. The van der Waals surface area contributed by atoms with E-state index in [1.54, 1.807) is 4.90 Å². The topological polar surface area (TPSA) is 62.3 Å². The van der Waals surface area contributed by atoms with E-state index in [2.05, 4.69) is 24.1 Å². The third kappa shape index (κ3) is 5.89. The summed E-state index contributed by atoms with van der Waals surface area (Å²) in [7, 11) is 0. The molecule has 1 aromatic rings. The van der Waals surface area contributed by atoms with Crippen molar-refractivity contribution in [1.29, 1.82) is 0 Å². The molecule has 1 aliphatic rings. The van der Waals surface area contributed by atoms with Gasteiger partial charge in [0.25, 0.3) is 0 Å². The van der Waals surface area contributed by atoms with Crippen molar-refractivity contribution in [3.63, 3.8) is 0 Å². The zero-order chi connectivity index (χ0) is 17.5. The number of hydrogen-bond acceptors (Lipinski definition) is 4. The van der Waals surface area contributed by atoms with Gasteiger partial charge in [0.1, 0.15) is 0 Å². The van der Waals surface area contributed by atoms with Crippen LogP contribution in [-0.2, 0) is 9.59 Å². The van der Waals surface area contributed by atoms with Crippen molar-refractivity contribution in [2.75, 3.05) is 18.4 Å². The summed E-state index contributed by atoms with van der Waals surface area (Å²) < 4.78 is 0. The molecule has 1 aliphatic carbocycles. The highest BCUT2D eigenvalue weighted by atomic mass is 32.1. The summed E-state index contributed by atoms with van der Waals surface area (Å²) in [4.78, 5) is 31.2. The van der Waals surface area contributed by atoms with Crippen LogP contribution in [0.1, 0.15) is 58.1 Å². The Morgan fingerprint density at radius 3 is 2.62 bits per heavy atom. The molecule has 1 N–H and O–H groups in total. The number of nitrogens with zero attached hydrogens (tertiary/aromatic N) is 2. The third-order valence-electron chi connectivity index (χ3n) is 4.44. The van der Waals surface area contributed by atoms with Crippen LogP contribution in [0.2, 0.25) is 0 Å². The Kier molecular flexibility index (Phi) is 7.21. The highest BCUT2D eigenvalue weighted by molar-refractivity contribution is 7.13. The van der Waals surface area contributed by atoms with E-state index in [0.29, 0.717) is 17.6 Å². The van der Waals surface area contributed by atoms with E-state index in [-0.39, 0.29) is 24.3 Å². The van der Waals surface area contributed by atoms with Crippen LogP contribution >= 0.6 is 11.3 Å². The lowest BCUT2D eigenvalue weighted by atomic mass is 9.88. The van der Waals surface area contributed by atoms with Gasteiger partial charge in [0.15, 0.2) is 5.13 Å². The number of thiazole rings is 1. The molecular weight excluding hydrogens is 322 g/mol. The SMILES string of the molecule is Cc1csc(NC(=O)CN(CCC(C)C)C(=O)C2CCCCC2)n1. The molecule has 2 rings (SSSR count). The van der Waals surface area contributed by atoms with Crippen molar-refractivity contribution in [2.45, 2.75) is 59.3 Å². The number of nitrogens with one attached hydrogen (secondary N) is 1. The van der Waals surface area contributed by atoms with Crippen molar-refractivity contribution in [3.8, 4) is 0 Å². The van der Waals surface area contributed by atoms with Gasteiger partial charge in [-0.3, -0.25) is 9.59 Å². The first-order valence-electron chi connectivity index (χ1n) is 8.96. The van der Waals surface area contributed by atoms with Crippen molar-refractivity contribution in [1.82, 2.24) is 9.88 Å². The fourth-order valence-corrected chi connectivity index (χ4v) is 3.74. The highest BCUT2D eigenvalue weighted by Gasteiger charge is 2.27. The summed E-state index contributed by atoms with van der Waals surface area (Å²) in [6, 6.07) is 0. The Morgan fingerprint density at radius 2 is 2.04 bits per heavy atom. The zero-order valence-corrected chi connectivity index (χ0v) is 15.8. The fourth-order valence-electron chi connectivity index (χ4n) is 3.03. The first-order valence-corrected chi connectivity index (χ1v) is 9.84. The number of carbonyl (C=O) groups is 2. The standard InChI is InChI=1S/C18H29N3O2S/c1-13(2)9-10-21(17(23)15-7-5-4-6-8-15)11-16(22)20-18-19-14(3)12-24-18/h12-13,15H,4-11H2,1-3H3,(H,19,20,22). The van der Waals surface area contributed by atoms with Gasteiger partial charge >= 0.3 is 0 Å². The van der Waals surface area contributed by atoms with E-state index in [9.17, 15) is 9.59 Å². The Labute approximate surface area is 148 Å². The maximum Gasteiger partial charge on any atom is 0.245 e. The van der Waals surface area contributed by atoms with Crippen LogP contribution in [0.3, 0.4) is 0 Å². The van der Waals surface area contributed by atoms with Gasteiger partial charge in [-0.05, 0) is 32.1 Å². The lowest BCUT2D eigenvalue weighted by Crippen LogP contribution is -2.42.